The molecule has 5 N–H and O–H groups in total. The van der Waals surface area contributed by atoms with Crippen molar-refractivity contribution in [3.63, 3.8) is 0 Å². The molecule has 6 heteroatoms. The van der Waals surface area contributed by atoms with E-state index in [1.165, 1.54) is 64.2 Å². The number of unbranched alkanes of at least 4 members (excludes halogenated alkanes) is 15. The van der Waals surface area contributed by atoms with Gasteiger partial charge in [0.2, 0.25) is 5.91 Å². The zero-order chi connectivity index (χ0) is 33.9. The van der Waals surface area contributed by atoms with Crippen LogP contribution in [-0.4, -0.2) is 57.3 Å². The summed E-state index contributed by atoms with van der Waals surface area (Å²) in [7, 11) is 0. The quantitative estimate of drug-likeness (QED) is 0.0285. The van der Waals surface area contributed by atoms with Gasteiger partial charge in [0.25, 0.3) is 0 Å². The third-order valence-electron chi connectivity index (χ3n) is 8.28. The smallest absolute Gasteiger partial charge is 0.249 e. The van der Waals surface area contributed by atoms with E-state index in [0.29, 0.717) is 19.3 Å². The number of allylic oxidation sites excluding steroid dienone is 10. The Hall–Kier alpha value is -1.99. The van der Waals surface area contributed by atoms with Gasteiger partial charge in [-0.15, -0.1) is 0 Å². The molecule has 0 saturated heterocycles. The minimum Gasteiger partial charge on any atom is -0.394 e. The average Bonchev–Trinajstić information content (AvgIpc) is 3.06. The molecule has 266 valence electrons. The van der Waals surface area contributed by atoms with Crippen molar-refractivity contribution in [1.82, 2.24) is 5.32 Å². The minimum absolute atomic E-state index is 0.350. The lowest BCUT2D eigenvalue weighted by atomic mass is 10.00. The van der Waals surface area contributed by atoms with Gasteiger partial charge in [-0.05, 0) is 84.0 Å². The van der Waals surface area contributed by atoms with Gasteiger partial charge < -0.3 is 25.7 Å². The summed E-state index contributed by atoms with van der Waals surface area (Å²) in [5.41, 5.74) is 0. The van der Waals surface area contributed by atoms with Crippen LogP contribution in [0.2, 0.25) is 0 Å². The fraction of sp³-hybridized carbons (Fsp3) is 0.725. The Morgan fingerprint density at radius 2 is 1.07 bits per heavy atom. The summed E-state index contributed by atoms with van der Waals surface area (Å²) in [6.45, 7) is 3.76. The van der Waals surface area contributed by atoms with Crippen LogP contribution < -0.4 is 5.32 Å². The van der Waals surface area contributed by atoms with Crippen molar-refractivity contribution >= 4 is 5.91 Å². The van der Waals surface area contributed by atoms with E-state index in [1.807, 2.05) is 6.92 Å². The maximum absolute atomic E-state index is 12.4. The van der Waals surface area contributed by atoms with Crippen molar-refractivity contribution in [2.75, 3.05) is 6.61 Å². The molecule has 0 spiro atoms. The van der Waals surface area contributed by atoms with Gasteiger partial charge in [-0.25, -0.2) is 0 Å². The molecule has 1 amide bonds. The van der Waals surface area contributed by atoms with Crippen molar-refractivity contribution in [1.29, 1.82) is 0 Å². The number of rotatable bonds is 32. The van der Waals surface area contributed by atoms with Crippen LogP contribution in [-0.2, 0) is 4.79 Å². The molecule has 46 heavy (non-hydrogen) atoms. The van der Waals surface area contributed by atoms with E-state index in [2.05, 4.69) is 73.0 Å². The lowest BCUT2D eigenvalue weighted by molar-refractivity contribution is -0.132. The number of aliphatic hydroxyl groups excluding tert-OH is 4. The predicted molar refractivity (Wildman–Crippen MR) is 196 cm³/mol. The van der Waals surface area contributed by atoms with E-state index in [9.17, 15) is 25.2 Å². The van der Waals surface area contributed by atoms with E-state index in [1.54, 1.807) is 0 Å². The molecule has 0 aromatic carbocycles. The molecule has 6 nitrogen and oxygen atoms in total. The number of amides is 1. The monoisotopic (exact) mass is 646 g/mol. The molecule has 0 aliphatic heterocycles. The Balaban J connectivity index is 3.88. The first-order valence-corrected chi connectivity index (χ1v) is 18.7. The Morgan fingerprint density at radius 3 is 1.61 bits per heavy atom. The topological polar surface area (TPSA) is 110 Å². The second kappa shape index (κ2) is 34.3. The van der Waals surface area contributed by atoms with E-state index < -0.39 is 36.9 Å². The second-order valence-electron chi connectivity index (χ2n) is 12.6. The van der Waals surface area contributed by atoms with E-state index in [-0.39, 0.29) is 0 Å². The van der Waals surface area contributed by atoms with E-state index in [0.717, 1.165) is 57.8 Å². The standard InChI is InChI=1S/C40H71NO5/c1-3-5-7-9-11-13-15-17-18-19-20-21-22-24-26-28-30-32-34-38(44)40(46)41-36(35-42)39(45)37(43)33-31-29-27-25-23-16-14-12-10-8-6-4-2/h4,6,11-15,17,25,27,36-39,42-45H,3,5,7-10,16,18-24,26,28-35H2,1-2H3,(H,41,46)/b6-4+,13-11-,14-12+,17-15-,27-25+. The van der Waals surface area contributed by atoms with Gasteiger partial charge in [-0.2, -0.15) is 0 Å². The molecule has 0 heterocycles. The zero-order valence-corrected chi connectivity index (χ0v) is 29.5. The molecule has 0 aliphatic carbocycles. The Kier molecular flexibility index (Phi) is 32.9. The number of hydrogen-bond donors (Lipinski definition) is 5. The fourth-order valence-corrected chi connectivity index (χ4v) is 5.25. The van der Waals surface area contributed by atoms with Gasteiger partial charge >= 0.3 is 0 Å². The maximum atomic E-state index is 12.4. The van der Waals surface area contributed by atoms with Crippen molar-refractivity contribution in [3.8, 4) is 0 Å². The third-order valence-corrected chi connectivity index (χ3v) is 8.28. The molecule has 0 saturated carbocycles. The first kappa shape index (κ1) is 44.0. The van der Waals surface area contributed by atoms with Crippen LogP contribution in [0.15, 0.2) is 60.8 Å². The van der Waals surface area contributed by atoms with Crippen LogP contribution in [0, 0.1) is 0 Å². The van der Waals surface area contributed by atoms with Crippen LogP contribution in [0.25, 0.3) is 0 Å². The summed E-state index contributed by atoms with van der Waals surface area (Å²) in [6.07, 6.45) is 41.1. The lowest BCUT2D eigenvalue weighted by Gasteiger charge is -2.27. The molecule has 0 aromatic heterocycles. The van der Waals surface area contributed by atoms with Crippen LogP contribution >= 0.6 is 0 Å². The Bertz CT molecular complexity index is 818. The van der Waals surface area contributed by atoms with Crippen molar-refractivity contribution in [2.45, 2.75) is 179 Å². The molecule has 0 aromatic rings. The Labute approximate surface area is 282 Å². The molecule has 0 aliphatic rings. The largest absolute Gasteiger partial charge is 0.394 e. The van der Waals surface area contributed by atoms with Gasteiger partial charge in [-0.1, -0.05) is 132 Å². The highest BCUT2D eigenvalue weighted by molar-refractivity contribution is 5.80. The van der Waals surface area contributed by atoms with Crippen LogP contribution in [0.3, 0.4) is 0 Å². The molecular formula is C40H71NO5. The summed E-state index contributed by atoms with van der Waals surface area (Å²) in [5, 5.41) is 43.4. The summed E-state index contributed by atoms with van der Waals surface area (Å²) >= 11 is 0. The maximum Gasteiger partial charge on any atom is 0.249 e. The highest BCUT2D eigenvalue weighted by atomic mass is 16.3. The molecule has 0 rings (SSSR count). The number of carbonyl (C=O) groups is 1. The van der Waals surface area contributed by atoms with Crippen molar-refractivity contribution in [2.24, 2.45) is 0 Å². The number of nitrogens with one attached hydrogen (secondary N) is 1. The zero-order valence-electron chi connectivity index (χ0n) is 29.5. The molecule has 4 unspecified atom stereocenters. The number of carbonyl (C=O) groups excluding carboxylic acids is 1. The van der Waals surface area contributed by atoms with Crippen molar-refractivity contribution < 1.29 is 25.2 Å². The normalized spacial score (nSPS) is 15.2. The van der Waals surface area contributed by atoms with Crippen LogP contribution in [0.4, 0.5) is 0 Å². The molecule has 0 radical (unpaired) electrons. The first-order chi connectivity index (χ1) is 22.5. The summed E-state index contributed by atoms with van der Waals surface area (Å²) in [4.78, 5) is 12.4. The summed E-state index contributed by atoms with van der Waals surface area (Å²) in [6, 6.07) is -1.01. The van der Waals surface area contributed by atoms with Crippen LogP contribution in [0.5, 0.6) is 0 Å². The highest BCUT2D eigenvalue weighted by Crippen LogP contribution is 2.14. The minimum atomic E-state index is -1.29. The SMILES string of the molecule is C/C=C/CC/C=C/CC/C=C/CCCC(O)C(O)C(CO)NC(=O)C(O)CCCCCCCCCCC/C=C\C=C/CCCCC. The van der Waals surface area contributed by atoms with E-state index >= 15 is 0 Å². The second-order valence-corrected chi connectivity index (χ2v) is 12.6. The summed E-state index contributed by atoms with van der Waals surface area (Å²) in [5.74, 6) is -0.609. The van der Waals surface area contributed by atoms with Gasteiger partial charge in [0.1, 0.15) is 12.2 Å². The fourth-order valence-electron chi connectivity index (χ4n) is 5.25. The molecule has 0 fully saturated rings. The number of hydrogen-bond acceptors (Lipinski definition) is 5. The van der Waals surface area contributed by atoms with Gasteiger partial charge in [-0.3, -0.25) is 4.79 Å². The average molecular weight is 646 g/mol. The van der Waals surface area contributed by atoms with Crippen LogP contribution in [0.1, 0.15) is 155 Å². The molecule has 4 atom stereocenters. The molecular weight excluding hydrogens is 574 g/mol. The lowest BCUT2D eigenvalue weighted by Crippen LogP contribution is -2.53. The van der Waals surface area contributed by atoms with Gasteiger partial charge in [0, 0.05) is 0 Å². The summed E-state index contributed by atoms with van der Waals surface area (Å²) < 4.78 is 0. The van der Waals surface area contributed by atoms with E-state index in [4.69, 9.17) is 0 Å². The Morgan fingerprint density at radius 1 is 0.587 bits per heavy atom. The third kappa shape index (κ3) is 28.3. The molecule has 0 bridgehead atoms. The van der Waals surface area contributed by atoms with Gasteiger partial charge in [0.05, 0.1) is 18.8 Å². The van der Waals surface area contributed by atoms with Crippen molar-refractivity contribution in [3.05, 3.63) is 60.8 Å². The van der Waals surface area contributed by atoms with Gasteiger partial charge in [0.15, 0.2) is 0 Å². The highest BCUT2D eigenvalue weighted by Gasteiger charge is 2.28. The predicted octanol–water partition coefficient (Wildman–Crippen LogP) is 8.95. The number of aliphatic hydroxyl groups is 4. The first-order valence-electron chi connectivity index (χ1n) is 18.7.